The summed E-state index contributed by atoms with van der Waals surface area (Å²) in [5, 5.41) is 4.80. The minimum absolute atomic E-state index is 0.550. The number of hydrogen-bond donors (Lipinski definition) is 1. The van der Waals surface area contributed by atoms with E-state index in [9.17, 15) is 0 Å². The highest BCUT2D eigenvalue weighted by molar-refractivity contribution is 7.98. The van der Waals surface area contributed by atoms with Gasteiger partial charge in [-0.1, -0.05) is 22.9 Å². The number of aromatic nitrogens is 2. The summed E-state index contributed by atoms with van der Waals surface area (Å²) >= 11 is 3.17. The van der Waals surface area contributed by atoms with Crippen LogP contribution in [-0.4, -0.2) is 10.1 Å². The summed E-state index contributed by atoms with van der Waals surface area (Å²) in [6.45, 7) is 4.08. The van der Waals surface area contributed by atoms with Crippen molar-refractivity contribution in [2.45, 2.75) is 24.5 Å². The van der Waals surface area contributed by atoms with E-state index in [2.05, 4.69) is 41.3 Å². The first-order valence-corrected chi connectivity index (χ1v) is 8.30. The van der Waals surface area contributed by atoms with Gasteiger partial charge in [-0.2, -0.15) is 4.98 Å². The second-order valence-electron chi connectivity index (χ2n) is 4.78. The van der Waals surface area contributed by atoms with Crippen LogP contribution in [0.2, 0.25) is 0 Å². The molecule has 0 fully saturated rings. The zero-order valence-electron chi connectivity index (χ0n) is 11.8. The molecule has 21 heavy (non-hydrogen) atoms. The minimum atomic E-state index is 0.550. The van der Waals surface area contributed by atoms with Crippen molar-refractivity contribution in [2.24, 2.45) is 0 Å². The highest BCUT2D eigenvalue weighted by atomic mass is 32.2. The smallest absolute Gasteiger partial charge is 0.268 e. The fraction of sp³-hybridized carbons (Fsp3) is 0.200. The average Bonchev–Trinajstić information content (AvgIpc) is 3.03. The molecule has 4 nitrogen and oxygen atoms in total. The van der Waals surface area contributed by atoms with E-state index >= 15 is 0 Å². The lowest BCUT2D eigenvalue weighted by Crippen LogP contribution is -1.84. The number of benzene rings is 1. The first kappa shape index (κ1) is 14.2. The largest absolute Gasteiger partial charge is 0.391 e. The minimum Gasteiger partial charge on any atom is -0.391 e. The van der Waals surface area contributed by atoms with Crippen LogP contribution in [0.1, 0.15) is 17.0 Å². The Labute approximate surface area is 131 Å². The van der Waals surface area contributed by atoms with Gasteiger partial charge in [0.15, 0.2) is 5.82 Å². The van der Waals surface area contributed by atoms with Crippen molar-refractivity contribution >= 4 is 28.1 Å². The van der Waals surface area contributed by atoms with E-state index < -0.39 is 0 Å². The molecule has 2 heterocycles. The number of hydrogen-bond acceptors (Lipinski definition) is 6. The topological polar surface area (TPSA) is 64.9 Å². The summed E-state index contributed by atoms with van der Waals surface area (Å²) in [5.74, 6) is 1.93. The fourth-order valence-corrected chi connectivity index (χ4v) is 3.70. The number of nitrogens with zero attached hydrogens (tertiary/aromatic N) is 2. The molecule has 0 aliphatic heterocycles. The number of thioether (sulfide) groups is 1. The molecule has 6 heteroatoms. The van der Waals surface area contributed by atoms with Crippen LogP contribution in [0, 0.1) is 13.8 Å². The number of anilines is 1. The molecule has 2 aromatic heterocycles. The first-order chi connectivity index (χ1) is 10.1. The predicted octanol–water partition coefficient (Wildman–Crippen LogP) is 4.29. The SMILES string of the molecule is Cc1cccc(SCc2noc(-c3sc(N)cc3C)n2)c1. The Morgan fingerprint density at radius 2 is 2.14 bits per heavy atom. The van der Waals surface area contributed by atoms with Crippen molar-refractivity contribution in [1.82, 2.24) is 10.1 Å². The van der Waals surface area contributed by atoms with Crippen molar-refractivity contribution in [3.8, 4) is 10.8 Å². The number of rotatable bonds is 4. The molecule has 0 atom stereocenters. The van der Waals surface area contributed by atoms with Crippen LogP contribution < -0.4 is 5.73 Å². The molecule has 0 amide bonds. The van der Waals surface area contributed by atoms with E-state index in [1.807, 2.05) is 13.0 Å². The Hall–Kier alpha value is -1.79. The molecule has 2 N–H and O–H groups in total. The Kier molecular flexibility index (Phi) is 3.98. The maximum absolute atomic E-state index is 5.80. The number of aryl methyl sites for hydroxylation is 2. The highest BCUT2D eigenvalue weighted by Crippen LogP contribution is 2.33. The Morgan fingerprint density at radius 3 is 2.86 bits per heavy atom. The molecule has 0 unspecified atom stereocenters. The Balaban J connectivity index is 1.72. The predicted molar refractivity (Wildman–Crippen MR) is 87.5 cm³/mol. The standard InChI is InChI=1S/C15H15N3OS2/c1-9-4-3-5-11(6-9)20-8-13-17-15(19-18-13)14-10(2)7-12(16)21-14/h3-7H,8,16H2,1-2H3. The van der Waals surface area contributed by atoms with Gasteiger partial charge in [-0.15, -0.1) is 23.1 Å². The van der Waals surface area contributed by atoms with Gasteiger partial charge in [0.05, 0.1) is 15.6 Å². The van der Waals surface area contributed by atoms with Gasteiger partial charge < -0.3 is 10.3 Å². The first-order valence-electron chi connectivity index (χ1n) is 6.50. The van der Waals surface area contributed by atoms with Crippen LogP contribution >= 0.6 is 23.1 Å². The summed E-state index contributed by atoms with van der Waals surface area (Å²) in [4.78, 5) is 6.61. The van der Waals surface area contributed by atoms with Gasteiger partial charge in [0.1, 0.15) is 0 Å². The number of thiophene rings is 1. The second-order valence-corrected chi connectivity index (χ2v) is 6.91. The van der Waals surface area contributed by atoms with Crippen molar-refractivity contribution in [3.05, 3.63) is 47.3 Å². The molecular formula is C15H15N3OS2. The average molecular weight is 317 g/mol. The molecule has 0 spiro atoms. The number of nitrogen functional groups attached to an aromatic ring is 1. The van der Waals surface area contributed by atoms with E-state index in [0.29, 0.717) is 17.5 Å². The molecule has 1 aromatic carbocycles. The maximum Gasteiger partial charge on any atom is 0.268 e. The molecule has 3 rings (SSSR count). The van der Waals surface area contributed by atoms with E-state index in [-0.39, 0.29) is 0 Å². The van der Waals surface area contributed by atoms with Crippen LogP contribution in [0.15, 0.2) is 39.8 Å². The Morgan fingerprint density at radius 1 is 1.29 bits per heavy atom. The van der Waals surface area contributed by atoms with Crippen LogP contribution in [0.5, 0.6) is 0 Å². The van der Waals surface area contributed by atoms with Crippen LogP contribution in [0.25, 0.3) is 10.8 Å². The van der Waals surface area contributed by atoms with Crippen molar-refractivity contribution in [1.29, 1.82) is 0 Å². The van der Waals surface area contributed by atoms with Crippen molar-refractivity contribution in [3.63, 3.8) is 0 Å². The van der Waals surface area contributed by atoms with Crippen molar-refractivity contribution < 1.29 is 4.52 Å². The quantitative estimate of drug-likeness (QED) is 0.727. The zero-order valence-corrected chi connectivity index (χ0v) is 13.4. The van der Waals surface area contributed by atoms with E-state index in [1.54, 1.807) is 11.8 Å². The third-order valence-electron chi connectivity index (χ3n) is 2.96. The lowest BCUT2D eigenvalue weighted by Gasteiger charge is -1.99. The van der Waals surface area contributed by atoms with Crippen LogP contribution in [0.4, 0.5) is 5.00 Å². The normalized spacial score (nSPS) is 11.0. The summed E-state index contributed by atoms with van der Waals surface area (Å²) in [6, 6.07) is 10.3. The highest BCUT2D eigenvalue weighted by Gasteiger charge is 2.14. The molecule has 0 radical (unpaired) electrons. The van der Waals surface area contributed by atoms with Crippen LogP contribution in [0.3, 0.4) is 0 Å². The number of nitrogens with two attached hydrogens (primary N) is 1. The second kappa shape index (κ2) is 5.91. The molecule has 0 saturated carbocycles. The van der Waals surface area contributed by atoms with E-state index in [1.165, 1.54) is 21.8 Å². The fourth-order valence-electron chi connectivity index (χ4n) is 1.98. The summed E-state index contributed by atoms with van der Waals surface area (Å²) in [6.07, 6.45) is 0. The molecule has 0 aliphatic carbocycles. The van der Waals surface area contributed by atoms with Gasteiger partial charge in [-0.05, 0) is 37.6 Å². The van der Waals surface area contributed by atoms with Gasteiger partial charge in [0, 0.05) is 4.90 Å². The van der Waals surface area contributed by atoms with Gasteiger partial charge in [0.25, 0.3) is 5.89 Å². The van der Waals surface area contributed by atoms with Gasteiger partial charge in [-0.3, -0.25) is 0 Å². The summed E-state index contributed by atoms with van der Waals surface area (Å²) < 4.78 is 5.34. The maximum atomic E-state index is 5.80. The lowest BCUT2D eigenvalue weighted by molar-refractivity contribution is 0.426. The molecule has 0 saturated heterocycles. The van der Waals surface area contributed by atoms with E-state index in [0.717, 1.165) is 15.4 Å². The van der Waals surface area contributed by atoms with Gasteiger partial charge in [0.2, 0.25) is 0 Å². The van der Waals surface area contributed by atoms with Crippen molar-refractivity contribution in [2.75, 3.05) is 5.73 Å². The zero-order chi connectivity index (χ0) is 14.8. The summed E-state index contributed by atoms with van der Waals surface area (Å²) in [5.41, 5.74) is 8.11. The van der Waals surface area contributed by atoms with Gasteiger partial charge in [-0.25, -0.2) is 0 Å². The van der Waals surface area contributed by atoms with Gasteiger partial charge >= 0.3 is 0 Å². The summed E-state index contributed by atoms with van der Waals surface area (Å²) in [7, 11) is 0. The third kappa shape index (κ3) is 3.28. The molecule has 0 bridgehead atoms. The Bertz CT molecular complexity index is 764. The monoisotopic (exact) mass is 317 g/mol. The molecule has 108 valence electrons. The molecule has 0 aliphatic rings. The lowest BCUT2D eigenvalue weighted by atomic mass is 10.2. The third-order valence-corrected chi connectivity index (χ3v) is 5.00. The molecule has 3 aromatic rings. The van der Waals surface area contributed by atoms with E-state index in [4.69, 9.17) is 10.3 Å². The molecular weight excluding hydrogens is 302 g/mol. The van der Waals surface area contributed by atoms with Crippen LogP contribution in [-0.2, 0) is 5.75 Å².